The second-order valence-corrected chi connectivity index (χ2v) is 4.67. The predicted octanol–water partition coefficient (Wildman–Crippen LogP) is 2.97. The molecular formula is C15H14FN5. The van der Waals surface area contributed by atoms with Gasteiger partial charge in [-0.3, -0.25) is 4.98 Å². The molecule has 0 aliphatic rings. The van der Waals surface area contributed by atoms with Gasteiger partial charge in [-0.25, -0.2) is 9.07 Å². The monoisotopic (exact) mass is 283 g/mol. The first-order valence-corrected chi connectivity index (χ1v) is 6.57. The molecule has 1 atom stereocenters. The lowest BCUT2D eigenvalue weighted by Gasteiger charge is -2.18. The van der Waals surface area contributed by atoms with Gasteiger partial charge in [-0.05, 0) is 30.7 Å². The summed E-state index contributed by atoms with van der Waals surface area (Å²) in [5.41, 5.74) is 2.55. The lowest BCUT2D eigenvalue weighted by molar-refractivity contribution is 0.616. The Morgan fingerprint density at radius 1 is 1.24 bits per heavy atom. The van der Waals surface area contributed by atoms with E-state index in [-0.39, 0.29) is 11.9 Å². The third-order valence-corrected chi connectivity index (χ3v) is 3.17. The van der Waals surface area contributed by atoms with Crippen LogP contribution >= 0.6 is 0 Å². The van der Waals surface area contributed by atoms with E-state index in [0.717, 1.165) is 16.9 Å². The molecule has 1 aromatic carbocycles. The Balaban J connectivity index is 1.88. The van der Waals surface area contributed by atoms with E-state index >= 15 is 0 Å². The molecule has 0 bridgehead atoms. The van der Waals surface area contributed by atoms with Gasteiger partial charge in [-0.1, -0.05) is 17.3 Å². The van der Waals surface area contributed by atoms with E-state index in [1.54, 1.807) is 23.3 Å². The summed E-state index contributed by atoms with van der Waals surface area (Å²) in [5, 5.41) is 11.2. The summed E-state index contributed by atoms with van der Waals surface area (Å²) in [6.07, 6.45) is 6.24. The van der Waals surface area contributed by atoms with Crippen molar-refractivity contribution in [3.63, 3.8) is 0 Å². The summed E-state index contributed by atoms with van der Waals surface area (Å²) in [6.45, 7) is 1.95. The zero-order valence-electron chi connectivity index (χ0n) is 11.4. The van der Waals surface area contributed by atoms with Crippen LogP contribution in [-0.2, 0) is 0 Å². The van der Waals surface area contributed by atoms with Gasteiger partial charge in [0.1, 0.15) is 5.82 Å². The maximum atomic E-state index is 13.3. The SMILES string of the molecule is CC(Nc1ccccc1-n1ccnn1)c1cncc(F)c1. The third kappa shape index (κ3) is 2.89. The summed E-state index contributed by atoms with van der Waals surface area (Å²) < 4.78 is 14.9. The molecule has 2 aromatic heterocycles. The molecule has 2 heterocycles. The first-order chi connectivity index (χ1) is 10.2. The molecular weight excluding hydrogens is 269 g/mol. The highest BCUT2D eigenvalue weighted by Gasteiger charge is 2.10. The van der Waals surface area contributed by atoms with Crippen molar-refractivity contribution < 1.29 is 4.39 Å². The van der Waals surface area contributed by atoms with Crippen LogP contribution in [0.2, 0.25) is 0 Å². The van der Waals surface area contributed by atoms with Gasteiger partial charge >= 0.3 is 0 Å². The van der Waals surface area contributed by atoms with Gasteiger partial charge in [0.15, 0.2) is 0 Å². The van der Waals surface area contributed by atoms with E-state index in [2.05, 4.69) is 20.6 Å². The van der Waals surface area contributed by atoms with Crippen molar-refractivity contribution in [2.24, 2.45) is 0 Å². The number of para-hydroxylation sites is 2. The van der Waals surface area contributed by atoms with Crippen LogP contribution in [0.4, 0.5) is 10.1 Å². The summed E-state index contributed by atoms with van der Waals surface area (Å²) in [5.74, 6) is -0.342. The Bertz CT molecular complexity index is 726. The van der Waals surface area contributed by atoms with E-state index in [0.29, 0.717) is 0 Å². The normalized spacial score (nSPS) is 12.1. The Morgan fingerprint density at radius 2 is 2.10 bits per heavy atom. The first kappa shape index (κ1) is 13.2. The number of benzene rings is 1. The number of rotatable bonds is 4. The molecule has 0 radical (unpaired) electrons. The van der Waals surface area contributed by atoms with Crippen LogP contribution in [0.1, 0.15) is 18.5 Å². The van der Waals surface area contributed by atoms with Crippen molar-refractivity contribution in [1.82, 2.24) is 20.0 Å². The average Bonchev–Trinajstić information content (AvgIpc) is 3.02. The zero-order chi connectivity index (χ0) is 14.7. The molecule has 21 heavy (non-hydrogen) atoms. The van der Waals surface area contributed by atoms with Crippen molar-refractivity contribution in [1.29, 1.82) is 0 Å². The Morgan fingerprint density at radius 3 is 2.86 bits per heavy atom. The number of pyridine rings is 1. The maximum absolute atomic E-state index is 13.3. The number of nitrogens with zero attached hydrogens (tertiary/aromatic N) is 4. The molecule has 3 aromatic rings. The smallest absolute Gasteiger partial charge is 0.141 e. The van der Waals surface area contributed by atoms with Gasteiger partial charge in [0.25, 0.3) is 0 Å². The minimum Gasteiger partial charge on any atom is -0.377 e. The van der Waals surface area contributed by atoms with Crippen LogP contribution in [0, 0.1) is 5.82 Å². The molecule has 0 fully saturated rings. The highest BCUT2D eigenvalue weighted by molar-refractivity contribution is 5.61. The summed E-state index contributed by atoms with van der Waals surface area (Å²) in [4.78, 5) is 3.88. The molecule has 3 rings (SSSR count). The summed E-state index contributed by atoms with van der Waals surface area (Å²) >= 11 is 0. The van der Waals surface area contributed by atoms with Crippen LogP contribution in [0.25, 0.3) is 5.69 Å². The number of hydrogen-bond acceptors (Lipinski definition) is 4. The fraction of sp³-hybridized carbons (Fsp3) is 0.133. The van der Waals surface area contributed by atoms with E-state index in [1.165, 1.54) is 12.3 Å². The number of anilines is 1. The van der Waals surface area contributed by atoms with Gasteiger partial charge in [0.05, 0.1) is 36.0 Å². The van der Waals surface area contributed by atoms with Crippen LogP contribution in [0.15, 0.2) is 55.1 Å². The van der Waals surface area contributed by atoms with Crippen LogP contribution in [-0.4, -0.2) is 20.0 Å². The summed E-state index contributed by atoms with van der Waals surface area (Å²) in [6, 6.07) is 9.13. The highest BCUT2D eigenvalue weighted by Crippen LogP contribution is 2.24. The zero-order valence-corrected chi connectivity index (χ0v) is 11.4. The van der Waals surface area contributed by atoms with Gasteiger partial charge in [-0.2, -0.15) is 0 Å². The fourth-order valence-corrected chi connectivity index (χ4v) is 2.11. The molecule has 0 amide bonds. The third-order valence-electron chi connectivity index (χ3n) is 3.17. The molecule has 1 unspecified atom stereocenters. The van der Waals surface area contributed by atoms with E-state index in [1.807, 2.05) is 31.2 Å². The van der Waals surface area contributed by atoms with Gasteiger partial charge in [-0.15, -0.1) is 5.10 Å². The number of halogens is 1. The van der Waals surface area contributed by atoms with Gasteiger partial charge < -0.3 is 5.32 Å². The molecule has 0 aliphatic heterocycles. The largest absolute Gasteiger partial charge is 0.377 e. The molecule has 0 spiro atoms. The molecule has 1 N–H and O–H groups in total. The van der Waals surface area contributed by atoms with Crippen LogP contribution < -0.4 is 5.32 Å². The van der Waals surface area contributed by atoms with E-state index < -0.39 is 0 Å². The van der Waals surface area contributed by atoms with Crippen molar-refractivity contribution in [2.45, 2.75) is 13.0 Å². The van der Waals surface area contributed by atoms with Gasteiger partial charge in [0, 0.05) is 6.20 Å². The van der Waals surface area contributed by atoms with Crippen molar-refractivity contribution in [2.75, 3.05) is 5.32 Å². The summed E-state index contributed by atoms with van der Waals surface area (Å²) in [7, 11) is 0. The molecule has 0 saturated carbocycles. The molecule has 0 saturated heterocycles. The average molecular weight is 283 g/mol. The minimum atomic E-state index is -0.342. The minimum absolute atomic E-state index is 0.0853. The Labute approximate surface area is 121 Å². The number of nitrogens with one attached hydrogen (secondary N) is 1. The van der Waals surface area contributed by atoms with E-state index in [9.17, 15) is 4.39 Å². The lowest BCUT2D eigenvalue weighted by atomic mass is 10.1. The van der Waals surface area contributed by atoms with E-state index in [4.69, 9.17) is 0 Å². The van der Waals surface area contributed by atoms with Crippen molar-refractivity contribution >= 4 is 5.69 Å². The predicted molar refractivity (Wildman–Crippen MR) is 77.6 cm³/mol. The van der Waals surface area contributed by atoms with Crippen LogP contribution in [0.3, 0.4) is 0 Å². The highest BCUT2D eigenvalue weighted by atomic mass is 19.1. The maximum Gasteiger partial charge on any atom is 0.141 e. The standard InChI is InChI=1S/C15H14FN5/c1-11(12-8-13(16)10-17-9-12)19-14-4-2-3-5-15(14)21-7-6-18-20-21/h2-11,19H,1H3. The second kappa shape index (κ2) is 5.70. The molecule has 5 nitrogen and oxygen atoms in total. The number of hydrogen-bond donors (Lipinski definition) is 1. The molecule has 106 valence electrons. The Hall–Kier alpha value is -2.76. The topological polar surface area (TPSA) is 55.6 Å². The van der Waals surface area contributed by atoms with Gasteiger partial charge in [0.2, 0.25) is 0 Å². The lowest BCUT2D eigenvalue weighted by Crippen LogP contribution is -2.10. The molecule has 6 heteroatoms. The van der Waals surface area contributed by atoms with Crippen molar-refractivity contribution in [3.05, 3.63) is 66.5 Å². The van der Waals surface area contributed by atoms with Crippen molar-refractivity contribution in [3.8, 4) is 5.69 Å². The molecule has 0 aliphatic carbocycles. The Kier molecular flexibility index (Phi) is 3.59. The second-order valence-electron chi connectivity index (χ2n) is 4.67. The quantitative estimate of drug-likeness (QED) is 0.799. The fourth-order valence-electron chi connectivity index (χ4n) is 2.11. The van der Waals surface area contributed by atoms with Crippen LogP contribution in [0.5, 0.6) is 0 Å². The first-order valence-electron chi connectivity index (χ1n) is 6.57. The number of aromatic nitrogens is 4.